The van der Waals surface area contributed by atoms with Crippen molar-refractivity contribution in [1.29, 1.82) is 0 Å². The van der Waals surface area contributed by atoms with Crippen LogP contribution in [-0.4, -0.2) is 26.8 Å². The molecule has 1 saturated carbocycles. The SMILES string of the molecule is Cc1c(C(=O)OC2CCCC(C)C2)cnn1-c1ccccn1. The van der Waals surface area contributed by atoms with Gasteiger partial charge in [-0.3, -0.25) is 0 Å². The van der Waals surface area contributed by atoms with Gasteiger partial charge in [0.15, 0.2) is 5.82 Å². The van der Waals surface area contributed by atoms with E-state index in [0.717, 1.165) is 25.0 Å². The van der Waals surface area contributed by atoms with Crippen LogP contribution in [0.4, 0.5) is 0 Å². The van der Waals surface area contributed by atoms with Gasteiger partial charge in [0, 0.05) is 6.20 Å². The molecule has 0 aromatic carbocycles. The first kappa shape index (κ1) is 14.8. The summed E-state index contributed by atoms with van der Waals surface area (Å²) in [5.74, 6) is 1.05. The summed E-state index contributed by atoms with van der Waals surface area (Å²) in [6.45, 7) is 4.08. The third-order valence-electron chi connectivity index (χ3n) is 4.26. The topological polar surface area (TPSA) is 57.0 Å². The maximum Gasteiger partial charge on any atom is 0.341 e. The molecule has 2 aromatic heterocycles. The molecule has 2 aromatic rings. The van der Waals surface area contributed by atoms with E-state index in [4.69, 9.17) is 4.74 Å². The van der Waals surface area contributed by atoms with E-state index in [-0.39, 0.29) is 12.1 Å². The van der Waals surface area contributed by atoms with Gasteiger partial charge in [0.2, 0.25) is 0 Å². The Bertz CT molecular complexity index is 651. The minimum Gasteiger partial charge on any atom is -0.459 e. The minimum atomic E-state index is -0.279. The second-order valence-corrected chi connectivity index (χ2v) is 6.04. The number of aromatic nitrogens is 3. The lowest BCUT2D eigenvalue weighted by Crippen LogP contribution is -2.24. The van der Waals surface area contributed by atoms with Crippen molar-refractivity contribution in [2.45, 2.75) is 45.6 Å². The fraction of sp³-hybridized carbons (Fsp3) is 0.471. The predicted octanol–water partition coefficient (Wildman–Crippen LogP) is 3.31. The third-order valence-corrected chi connectivity index (χ3v) is 4.26. The van der Waals surface area contributed by atoms with Crippen LogP contribution in [0.1, 0.15) is 48.7 Å². The number of nitrogens with zero attached hydrogens (tertiary/aromatic N) is 3. The number of rotatable bonds is 3. The maximum atomic E-state index is 12.4. The highest BCUT2D eigenvalue weighted by atomic mass is 16.5. The Labute approximate surface area is 130 Å². The summed E-state index contributed by atoms with van der Waals surface area (Å²) in [5.41, 5.74) is 1.27. The Balaban J connectivity index is 1.75. The molecule has 1 fully saturated rings. The van der Waals surface area contributed by atoms with E-state index < -0.39 is 0 Å². The summed E-state index contributed by atoms with van der Waals surface area (Å²) in [7, 11) is 0. The Hall–Kier alpha value is -2.17. The molecule has 0 spiro atoms. The second kappa shape index (κ2) is 6.30. The van der Waals surface area contributed by atoms with Gasteiger partial charge in [-0.15, -0.1) is 0 Å². The van der Waals surface area contributed by atoms with Crippen LogP contribution in [0.25, 0.3) is 5.82 Å². The first-order valence-electron chi connectivity index (χ1n) is 7.82. The van der Waals surface area contributed by atoms with Crippen LogP contribution in [-0.2, 0) is 4.74 Å². The van der Waals surface area contributed by atoms with Crippen LogP contribution >= 0.6 is 0 Å². The lowest BCUT2D eigenvalue weighted by Gasteiger charge is -2.26. The van der Waals surface area contributed by atoms with Gasteiger partial charge in [-0.05, 0) is 44.2 Å². The zero-order valence-electron chi connectivity index (χ0n) is 13.0. The van der Waals surface area contributed by atoms with Crippen molar-refractivity contribution < 1.29 is 9.53 Å². The molecule has 3 rings (SSSR count). The van der Waals surface area contributed by atoms with Gasteiger partial charge in [0.1, 0.15) is 11.7 Å². The number of pyridine rings is 1. The molecule has 2 atom stereocenters. The van der Waals surface area contributed by atoms with Crippen molar-refractivity contribution in [2.24, 2.45) is 5.92 Å². The van der Waals surface area contributed by atoms with Gasteiger partial charge in [0.25, 0.3) is 0 Å². The van der Waals surface area contributed by atoms with E-state index in [1.807, 2.05) is 25.1 Å². The molecular formula is C17H21N3O2. The van der Waals surface area contributed by atoms with Gasteiger partial charge >= 0.3 is 5.97 Å². The number of carbonyl (C=O) groups is 1. The smallest absolute Gasteiger partial charge is 0.341 e. The molecule has 0 N–H and O–H groups in total. The van der Waals surface area contributed by atoms with Gasteiger partial charge in [0.05, 0.1) is 11.9 Å². The van der Waals surface area contributed by atoms with E-state index in [0.29, 0.717) is 17.3 Å². The summed E-state index contributed by atoms with van der Waals surface area (Å²) in [6.07, 6.45) is 7.59. The molecular weight excluding hydrogens is 278 g/mol. The number of ether oxygens (including phenoxy) is 1. The predicted molar refractivity (Wildman–Crippen MR) is 82.9 cm³/mol. The van der Waals surface area contributed by atoms with Crippen molar-refractivity contribution >= 4 is 5.97 Å². The summed E-state index contributed by atoms with van der Waals surface area (Å²) in [5, 5.41) is 4.27. The molecule has 1 aliphatic carbocycles. The summed E-state index contributed by atoms with van der Waals surface area (Å²) >= 11 is 0. The van der Waals surface area contributed by atoms with E-state index in [9.17, 15) is 4.79 Å². The summed E-state index contributed by atoms with van der Waals surface area (Å²) in [6, 6.07) is 5.60. The molecule has 2 unspecified atom stereocenters. The lowest BCUT2D eigenvalue weighted by atomic mass is 9.89. The number of esters is 1. The van der Waals surface area contributed by atoms with Crippen LogP contribution in [0.15, 0.2) is 30.6 Å². The van der Waals surface area contributed by atoms with Gasteiger partial charge < -0.3 is 4.74 Å². The zero-order chi connectivity index (χ0) is 15.5. The molecule has 0 radical (unpaired) electrons. The molecule has 0 amide bonds. The van der Waals surface area contributed by atoms with E-state index in [1.54, 1.807) is 17.1 Å². The zero-order valence-corrected chi connectivity index (χ0v) is 13.0. The maximum absolute atomic E-state index is 12.4. The van der Waals surface area contributed by atoms with Crippen LogP contribution in [0.3, 0.4) is 0 Å². The van der Waals surface area contributed by atoms with Crippen molar-refractivity contribution in [1.82, 2.24) is 14.8 Å². The van der Waals surface area contributed by atoms with Crippen molar-refractivity contribution in [2.75, 3.05) is 0 Å². The van der Waals surface area contributed by atoms with Gasteiger partial charge in [-0.1, -0.05) is 19.4 Å². The van der Waals surface area contributed by atoms with Crippen molar-refractivity contribution in [3.8, 4) is 5.82 Å². The number of carbonyl (C=O) groups excluding carboxylic acids is 1. The van der Waals surface area contributed by atoms with Gasteiger partial charge in [-0.2, -0.15) is 5.10 Å². The fourth-order valence-electron chi connectivity index (χ4n) is 3.02. The largest absolute Gasteiger partial charge is 0.459 e. The average Bonchev–Trinajstić information content (AvgIpc) is 2.90. The van der Waals surface area contributed by atoms with E-state index >= 15 is 0 Å². The molecule has 0 aliphatic heterocycles. The van der Waals surface area contributed by atoms with Crippen LogP contribution in [0.2, 0.25) is 0 Å². The van der Waals surface area contributed by atoms with Crippen molar-refractivity contribution in [3.05, 3.63) is 41.9 Å². The molecule has 0 bridgehead atoms. The van der Waals surface area contributed by atoms with Crippen LogP contribution in [0.5, 0.6) is 0 Å². The number of hydrogen-bond donors (Lipinski definition) is 0. The second-order valence-electron chi connectivity index (χ2n) is 6.04. The molecule has 116 valence electrons. The Morgan fingerprint density at radius 2 is 2.23 bits per heavy atom. The molecule has 5 nitrogen and oxygen atoms in total. The Morgan fingerprint density at radius 1 is 1.36 bits per heavy atom. The molecule has 5 heteroatoms. The highest BCUT2D eigenvalue weighted by molar-refractivity contribution is 5.90. The number of hydrogen-bond acceptors (Lipinski definition) is 4. The molecule has 0 saturated heterocycles. The first-order valence-corrected chi connectivity index (χ1v) is 7.82. The monoisotopic (exact) mass is 299 g/mol. The standard InChI is InChI=1S/C17H21N3O2/c1-12-6-5-7-14(10-12)22-17(21)15-11-19-20(13(15)2)16-8-3-4-9-18-16/h3-4,8-9,11-12,14H,5-7,10H2,1-2H3. The molecule has 22 heavy (non-hydrogen) atoms. The summed E-state index contributed by atoms with van der Waals surface area (Å²) < 4.78 is 7.33. The Morgan fingerprint density at radius 3 is 2.95 bits per heavy atom. The minimum absolute atomic E-state index is 0.0360. The van der Waals surface area contributed by atoms with Crippen LogP contribution < -0.4 is 0 Å². The lowest BCUT2D eigenvalue weighted by molar-refractivity contribution is 0.0154. The first-order chi connectivity index (χ1) is 10.6. The average molecular weight is 299 g/mol. The molecule has 2 heterocycles. The van der Waals surface area contributed by atoms with Crippen LogP contribution in [0, 0.1) is 12.8 Å². The highest BCUT2D eigenvalue weighted by Crippen LogP contribution is 2.26. The Kier molecular flexibility index (Phi) is 4.22. The normalized spacial score (nSPS) is 21.5. The van der Waals surface area contributed by atoms with E-state index in [2.05, 4.69) is 17.0 Å². The molecule has 1 aliphatic rings. The quantitative estimate of drug-likeness (QED) is 0.816. The third kappa shape index (κ3) is 3.03. The van der Waals surface area contributed by atoms with Crippen molar-refractivity contribution in [3.63, 3.8) is 0 Å². The van der Waals surface area contributed by atoms with Gasteiger partial charge in [-0.25, -0.2) is 14.5 Å². The van der Waals surface area contributed by atoms with E-state index in [1.165, 1.54) is 6.42 Å². The fourth-order valence-corrected chi connectivity index (χ4v) is 3.02. The highest BCUT2D eigenvalue weighted by Gasteiger charge is 2.24. The summed E-state index contributed by atoms with van der Waals surface area (Å²) in [4.78, 5) is 16.6.